The number of hydrogen-bond acceptors (Lipinski definition) is 4. The number of hydrogen-bond donors (Lipinski definition) is 1. The Morgan fingerprint density at radius 1 is 1.07 bits per heavy atom. The molecule has 0 radical (unpaired) electrons. The van der Waals surface area contributed by atoms with Crippen molar-refractivity contribution in [3.05, 3.63) is 82.3 Å². The van der Waals surface area contributed by atoms with Crippen molar-refractivity contribution >= 4 is 33.5 Å². The first-order valence-electron chi connectivity index (χ1n) is 9.26. The summed E-state index contributed by atoms with van der Waals surface area (Å²) in [6.45, 7) is 2.63. The van der Waals surface area contributed by atoms with Gasteiger partial charge in [-0.3, -0.25) is 9.59 Å². The normalized spacial score (nSPS) is 11.0. The third-order valence-corrected chi connectivity index (χ3v) is 4.50. The van der Waals surface area contributed by atoms with Gasteiger partial charge >= 0.3 is 0 Å². The zero-order valence-corrected chi connectivity index (χ0v) is 15.7. The van der Waals surface area contributed by atoms with Crippen LogP contribution in [0.3, 0.4) is 0 Å². The molecule has 4 rings (SSSR count). The molecule has 0 saturated heterocycles. The molecule has 1 aromatic heterocycles. The van der Waals surface area contributed by atoms with E-state index in [9.17, 15) is 14.0 Å². The van der Waals surface area contributed by atoms with Crippen LogP contribution in [-0.4, -0.2) is 12.5 Å². The summed E-state index contributed by atoms with van der Waals surface area (Å²) in [7, 11) is 0. The summed E-state index contributed by atoms with van der Waals surface area (Å²) < 4.78 is 25.1. The lowest BCUT2D eigenvalue weighted by molar-refractivity contribution is 0.102. The van der Waals surface area contributed by atoms with Crippen LogP contribution < -0.4 is 15.5 Å². The summed E-state index contributed by atoms with van der Waals surface area (Å²) in [5.74, 6) is -0.230. The van der Waals surface area contributed by atoms with Gasteiger partial charge in [0.05, 0.1) is 17.4 Å². The Morgan fingerprint density at radius 3 is 2.62 bits per heavy atom. The van der Waals surface area contributed by atoms with Gasteiger partial charge in [-0.05, 0) is 55.0 Å². The molecule has 0 spiro atoms. The van der Waals surface area contributed by atoms with Crippen molar-refractivity contribution in [3.63, 3.8) is 0 Å². The Labute approximate surface area is 165 Å². The first-order valence-corrected chi connectivity index (χ1v) is 9.26. The Balaban J connectivity index is 1.62. The molecule has 4 aromatic rings. The maximum Gasteiger partial charge on any atom is 0.255 e. The number of carbonyl (C=O) groups excluding carboxylic acids is 1. The van der Waals surface area contributed by atoms with E-state index in [4.69, 9.17) is 9.15 Å². The molecule has 3 aromatic carbocycles. The highest BCUT2D eigenvalue weighted by molar-refractivity contribution is 6.05. The van der Waals surface area contributed by atoms with Crippen molar-refractivity contribution in [1.29, 1.82) is 0 Å². The van der Waals surface area contributed by atoms with Crippen LogP contribution in [0.5, 0.6) is 5.75 Å². The molecule has 6 heteroatoms. The number of benzene rings is 3. The van der Waals surface area contributed by atoms with Crippen molar-refractivity contribution < 1.29 is 18.3 Å². The highest BCUT2D eigenvalue weighted by atomic mass is 19.1. The number of carbonyl (C=O) groups is 1. The second-order valence-corrected chi connectivity index (χ2v) is 6.59. The number of rotatable bonds is 5. The Kier molecular flexibility index (Phi) is 4.99. The molecule has 1 amide bonds. The fourth-order valence-corrected chi connectivity index (χ4v) is 3.04. The number of para-hydroxylation sites is 1. The van der Waals surface area contributed by atoms with Crippen molar-refractivity contribution in [1.82, 2.24) is 0 Å². The van der Waals surface area contributed by atoms with Crippen LogP contribution in [0.2, 0.25) is 0 Å². The number of amides is 1. The van der Waals surface area contributed by atoms with E-state index in [0.717, 1.165) is 6.42 Å². The maximum absolute atomic E-state index is 14.0. The second-order valence-electron chi connectivity index (χ2n) is 6.59. The van der Waals surface area contributed by atoms with Gasteiger partial charge in [-0.2, -0.15) is 0 Å². The van der Waals surface area contributed by atoms with Gasteiger partial charge in [0.2, 0.25) is 5.43 Å². The van der Waals surface area contributed by atoms with Gasteiger partial charge in [0.1, 0.15) is 11.3 Å². The van der Waals surface area contributed by atoms with E-state index in [2.05, 4.69) is 5.32 Å². The lowest BCUT2D eigenvalue weighted by Gasteiger charge is -2.08. The molecule has 1 N–H and O–H groups in total. The van der Waals surface area contributed by atoms with E-state index in [-0.39, 0.29) is 27.9 Å². The molecule has 146 valence electrons. The molecule has 0 aliphatic rings. The molecule has 0 atom stereocenters. The molecule has 0 aliphatic carbocycles. The van der Waals surface area contributed by atoms with E-state index in [0.29, 0.717) is 29.0 Å². The monoisotopic (exact) mass is 391 g/mol. The van der Waals surface area contributed by atoms with Crippen LogP contribution in [0.1, 0.15) is 23.7 Å². The SMILES string of the molecule is CCCOc1ccc(C(=O)Nc2ccc3c(=O)c4cccc(F)c4oc3c2)cc1. The van der Waals surface area contributed by atoms with E-state index < -0.39 is 5.82 Å². The van der Waals surface area contributed by atoms with Crippen molar-refractivity contribution in [2.75, 3.05) is 11.9 Å². The topological polar surface area (TPSA) is 68.5 Å². The molecular weight excluding hydrogens is 373 g/mol. The third kappa shape index (κ3) is 3.69. The van der Waals surface area contributed by atoms with Gasteiger partial charge in [-0.15, -0.1) is 0 Å². The second kappa shape index (κ2) is 7.75. The molecule has 0 aliphatic heterocycles. The average Bonchev–Trinajstić information content (AvgIpc) is 2.73. The highest BCUT2D eigenvalue weighted by Gasteiger charge is 2.13. The van der Waals surface area contributed by atoms with Crippen LogP contribution in [0.25, 0.3) is 21.9 Å². The predicted molar refractivity (Wildman–Crippen MR) is 110 cm³/mol. The molecular formula is C23H18FNO4. The van der Waals surface area contributed by atoms with E-state index in [1.165, 1.54) is 24.3 Å². The first-order chi connectivity index (χ1) is 14.1. The van der Waals surface area contributed by atoms with Crippen LogP contribution in [0, 0.1) is 5.82 Å². The number of anilines is 1. The Bertz CT molecular complexity index is 1260. The number of nitrogens with one attached hydrogen (secondary N) is 1. The molecule has 29 heavy (non-hydrogen) atoms. The summed E-state index contributed by atoms with van der Waals surface area (Å²) in [5, 5.41) is 3.26. The lowest BCUT2D eigenvalue weighted by atomic mass is 10.1. The maximum atomic E-state index is 14.0. The third-order valence-electron chi connectivity index (χ3n) is 4.50. The van der Waals surface area contributed by atoms with E-state index >= 15 is 0 Å². The number of ether oxygens (including phenoxy) is 1. The van der Waals surface area contributed by atoms with Gasteiger partial charge in [0, 0.05) is 17.3 Å². The fraction of sp³-hybridized carbons (Fsp3) is 0.130. The zero-order chi connectivity index (χ0) is 20.4. The van der Waals surface area contributed by atoms with Crippen LogP contribution in [0.4, 0.5) is 10.1 Å². The van der Waals surface area contributed by atoms with Crippen molar-refractivity contribution in [2.24, 2.45) is 0 Å². The summed E-state index contributed by atoms with van der Waals surface area (Å²) >= 11 is 0. The van der Waals surface area contributed by atoms with E-state index in [1.54, 1.807) is 36.4 Å². The molecule has 0 unspecified atom stereocenters. The Morgan fingerprint density at radius 2 is 1.86 bits per heavy atom. The molecule has 0 fully saturated rings. The van der Waals surface area contributed by atoms with Gasteiger partial charge < -0.3 is 14.5 Å². The summed E-state index contributed by atoms with van der Waals surface area (Å²) in [6.07, 6.45) is 0.902. The largest absolute Gasteiger partial charge is 0.494 e. The minimum absolute atomic E-state index is 0.101. The summed E-state index contributed by atoms with van der Waals surface area (Å²) in [6, 6.07) is 15.7. The predicted octanol–water partition coefficient (Wildman–Crippen LogP) is 5.13. The number of fused-ring (bicyclic) bond motifs is 2. The van der Waals surface area contributed by atoms with Gasteiger partial charge in [0.25, 0.3) is 5.91 Å². The fourth-order valence-electron chi connectivity index (χ4n) is 3.04. The Hall–Kier alpha value is -3.67. The van der Waals surface area contributed by atoms with Gasteiger partial charge in [-0.1, -0.05) is 13.0 Å². The zero-order valence-electron chi connectivity index (χ0n) is 15.7. The molecule has 1 heterocycles. The lowest BCUT2D eigenvalue weighted by Crippen LogP contribution is -2.12. The minimum Gasteiger partial charge on any atom is -0.494 e. The van der Waals surface area contributed by atoms with E-state index in [1.807, 2.05) is 6.92 Å². The average molecular weight is 391 g/mol. The molecule has 0 saturated carbocycles. The summed E-state index contributed by atoms with van der Waals surface area (Å²) in [4.78, 5) is 25.1. The van der Waals surface area contributed by atoms with Crippen molar-refractivity contribution in [2.45, 2.75) is 13.3 Å². The highest BCUT2D eigenvalue weighted by Crippen LogP contribution is 2.24. The minimum atomic E-state index is -0.610. The molecule has 0 bridgehead atoms. The van der Waals surface area contributed by atoms with Gasteiger partial charge in [0.15, 0.2) is 11.4 Å². The van der Waals surface area contributed by atoms with Crippen LogP contribution in [0.15, 0.2) is 69.9 Å². The summed E-state index contributed by atoms with van der Waals surface area (Å²) in [5.41, 5.74) is 0.679. The van der Waals surface area contributed by atoms with Crippen LogP contribution in [-0.2, 0) is 0 Å². The smallest absolute Gasteiger partial charge is 0.255 e. The standard InChI is InChI=1S/C23H18FNO4/c1-2-12-28-16-9-6-14(7-10-16)23(27)25-15-8-11-17-20(13-15)29-22-18(21(17)26)4-3-5-19(22)24/h3-11,13H,2,12H2,1H3,(H,25,27). The van der Waals surface area contributed by atoms with Gasteiger partial charge in [-0.25, -0.2) is 4.39 Å². The molecule has 5 nitrogen and oxygen atoms in total. The van der Waals surface area contributed by atoms with Crippen molar-refractivity contribution in [3.8, 4) is 5.75 Å². The quantitative estimate of drug-likeness (QED) is 0.479. The first kappa shape index (κ1) is 18.7. The van der Waals surface area contributed by atoms with Crippen LogP contribution >= 0.6 is 0 Å². The number of halogens is 1.